The first-order chi connectivity index (χ1) is 7.84. The van der Waals surface area contributed by atoms with Crippen LogP contribution >= 0.6 is 0 Å². The zero-order valence-corrected chi connectivity index (χ0v) is 8.91. The van der Waals surface area contributed by atoms with Crippen molar-refractivity contribution in [2.75, 3.05) is 0 Å². The van der Waals surface area contributed by atoms with Gasteiger partial charge in [0.15, 0.2) is 17.6 Å². The Morgan fingerprint density at radius 1 is 1.18 bits per heavy atom. The summed E-state index contributed by atoms with van der Waals surface area (Å²) in [6.07, 6.45) is -0.590. The second kappa shape index (κ2) is 4.90. The zero-order chi connectivity index (χ0) is 13.2. The number of hydrogen-bond donors (Lipinski definition) is 2. The molecule has 0 fully saturated rings. The van der Waals surface area contributed by atoms with Crippen LogP contribution in [-0.2, 0) is 16.0 Å². The van der Waals surface area contributed by atoms with E-state index >= 15 is 0 Å². The Hall–Kier alpha value is -1.98. The maximum absolute atomic E-state index is 13.4. The third kappa shape index (κ3) is 2.77. The fraction of sp³-hybridized carbons (Fsp3) is 0.273. The van der Waals surface area contributed by atoms with Crippen molar-refractivity contribution < 1.29 is 28.6 Å². The summed E-state index contributed by atoms with van der Waals surface area (Å²) < 4.78 is 26.6. The minimum atomic E-state index is -1.79. The fourth-order valence-electron chi connectivity index (χ4n) is 1.34. The van der Waals surface area contributed by atoms with Gasteiger partial charge >= 0.3 is 11.9 Å². The highest BCUT2D eigenvalue weighted by Crippen LogP contribution is 2.19. The van der Waals surface area contributed by atoms with E-state index in [1.807, 2.05) is 0 Å². The van der Waals surface area contributed by atoms with Gasteiger partial charge < -0.3 is 10.2 Å². The minimum absolute atomic E-state index is 0.0773. The first-order valence-corrected chi connectivity index (χ1v) is 4.73. The first kappa shape index (κ1) is 13.1. The van der Waals surface area contributed by atoms with Crippen molar-refractivity contribution in [1.29, 1.82) is 0 Å². The van der Waals surface area contributed by atoms with E-state index in [0.29, 0.717) is 0 Å². The molecule has 0 aromatic heterocycles. The third-order valence-corrected chi connectivity index (χ3v) is 2.38. The van der Waals surface area contributed by atoms with Gasteiger partial charge in [-0.15, -0.1) is 0 Å². The molecule has 0 aliphatic heterocycles. The largest absolute Gasteiger partial charge is 0.481 e. The Labute approximate surface area is 95.5 Å². The molecule has 1 aromatic rings. The van der Waals surface area contributed by atoms with Crippen LogP contribution in [0.2, 0.25) is 0 Å². The molecule has 92 valence electrons. The van der Waals surface area contributed by atoms with Crippen molar-refractivity contribution in [3.05, 3.63) is 34.9 Å². The molecule has 0 atom stereocenters. The quantitative estimate of drug-likeness (QED) is 0.789. The van der Waals surface area contributed by atoms with Crippen molar-refractivity contribution in [2.24, 2.45) is 5.92 Å². The van der Waals surface area contributed by atoms with Crippen LogP contribution in [0, 0.1) is 24.5 Å². The van der Waals surface area contributed by atoms with Gasteiger partial charge in [-0.05, 0) is 24.5 Å². The normalized spacial score (nSPS) is 10.6. The SMILES string of the molecule is Cc1ccc(CC(C(=O)O)C(=O)O)c(F)c1F. The lowest BCUT2D eigenvalue weighted by Gasteiger charge is -2.09. The molecule has 0 amide bonds. The Morgan fingerprint density at radius 2 is 1.71 bits per heavy atom. The molecule has 1 aromatic carbocycles. The van der Waals surface area contributed by atoms with Crippen LogP contribution in [-0.4, -0.2) is 22.2 Å². The van der Waals surface area contributed by atoms with Gasteiger partial charge in [-0.3, -0.25) is 9.59 Å². The van der Waals surface area contributed by atoms with E-state index in [1.165, 1.54) is 19.1 Å². The number of aryl methyl sites for hydroxylation is 1. The number of carboxylic acids is 2. The van der Waals surface area contributed by atoms with E-state index in [9.17, 15) is 18.4 Å². The lowest BCUT2D eigenvalue weighted by atomic mass is 9.98. The number of halogens is 2. The van der Waals surface area contributed by atoms with Crippen molar-refractivity contribution in [2.45, 2.75) is 13.3 Å². The summed E-state index contributed by atoms with van der Waals surface area (Å²) in [7, 11) is 0. The summed E-state index contributed by atoms with van der Waals surface area (Å²) in [5.41, 5.74) is -0.184. The van der Waals surface area contributed by atoms with Crippen LogP contribution in [0.5, 0.6) is 0 Å². The molecule has 0 spiro atoms. The van der Waals surface area contributed by atoms with Crippen LogP contribution in [0.1, 0.15) is 11.1 Å². The number of carboxylic acid groups (broad SMARTS) is 2. The summed E-state index contributed by atoms with van der Waals surface area (Å²) in [5.74, 6) is -7.24. The number of rotatable bonds is 4. The lowest BCUT2D eigenvalue weighted by molar-refractivity contribution is -0.154. The molecule has 0 saturated heterocycles. The Balaban J connectivity index is 3.06. The summed E-state index contributed by atoms with van der Waals surface area (Å²) in [5, 5.41) is 17.2. The third-order valence-electron chi connectivity index (χ3n) is 2.38. The topological polar surface area (TPSA) is 74.6 Å². The van der Waals surface area contributed by atoms with E-state index < -0.39 is 35.9 Å². The molecular weight excluding hydrogens is 234 g/mol. The van der Waals surface area contributed by atoms with E-state index in [0.717, 1.165) is 0 Å². The fourth-order valence-corrected chi connectivity index (χ4v) is 1.34. The Bertz CT molecular complexity index is 457. The van der Waals surface area contributed by atoms with Crippen molar-refractivity contribution in [3.63, 3.8) is 0 Å². The van der Waals surface area contributed by atoms with E-state index in [4.69, 9.17) is 10.2 Å². The standard InChI is InChI=1S/C11H10F2O4/c1-5-2-3-6(9(13)8(5)12)4-7(10(14)15)11(16)17/h2-3,7H,4H2,1H3,(H,14,15)(H,16,17). The predicted molar refractivity (Wildman–Crippen MR) is 53.6 cm³/mol. The molecule has 2 N–H and O–H groups in total. The molecule has 0 aliphatic carbocycles. The average Bonchev–Trinajstić information content (AvgIpc) is 2.24. The molecular formula is C11H10F2O4. The molecule has 0 heterocycles. The van der Waals surface area contributed by atoms with Gasteiger partial charge in [-0.25, -0.2) is 8.78 Å². The van der Waals surface area contributed by atoms with Gasteiger partial charge in [0, 0.05) is 0 Å². The van der Waals surface area contributed by atoms with Crippen LogP contribution in [0.25, 0.3) is 0 Å². The maximum atomic E-state index is 13.4. The van der Waals surface area contributed by atoms with E-state index in [-0.39, 0.29) is 11.1 Å². The van der Waals surface area contributed by atoms with Crippen molar-refractivity contribution >= 4 is 11.9 Å². The van der Waals surface area contributed by atoms with Gasteiger partial charge in [0.2, 0.25) is 0 Å². The highest BCUT2D eigenvalue weighted by atomic mass is 19.2. The van der Waals surface area contributed by atoms with Crippen molar-refractivity contribution in [3.8, 4) is 0 Å². The molecule has 0 bridgehead atoms. The van der Waals surface area contributed by atoms with Crippen LogP contribution in [0.4, 0.5) is 8.78 Å². The smallest absolute Gasteiger partial charge is 0.318 e. The summed E-state index contributed by atoms with van der Waals surface area (Å²) in [6, 6.07) is 2.46. The number of carbonyl (C=O) groups is 2. The summed E-state index contributed by atoms with van der Waals surface area (Å²) in [4.78, 5) is 21.2. The number of benzene rings is 1. The molecule has 0 unspecified atom stereocenters. The number of hydrogen-bond acceptors (Lipinski definition) is 2. The Morgan fingerprint density at radius 3 is 2.18 bits per heavy atom. The first-order valence-electron chi connectivity index (χ1n) is 4.73. The highest BCUT2D eigenvalue weighted by Gasteiger charge is 2.27. The van der Waals surface area contributed by atoms with Crippen LogP contribution in [0.15, 0.2) is 12.1 Å². The molecule has 17 heavy (non-hydrogen) atoms. The molecule has 0 aliphatic rings. The monoisotopic (exact) mass is 244 g/mol. The van der Waals surface area contributed by atoms with Gasteiger partial charge in [0.25, 0.3) is 0 Å². The molecule has 1 rings (SSSR count). The van der Waals surface area contributed by atoms with Gasteiger partial charge in [-0.2, -0.15) is 0 Å². The average molecular weight is 244 g/mol. The van der Waals surface area contributed by atoms with Crippen LogP contribution < -0.4 is 0 Å². The number of aliphatic carboxylic acids is 2. The van der Waals surface area contributed by atoms with E-state index in [2.05, 4.69) is 0 Å². The zero-order valence-electron chi connectivity index (χ0n) is 8.91. The van der Waals surface area contributed by atoms with Gasteiger partial charge in [0.05, 0.1) is 0 Å². The van der Waals surface area contributed by atoms with E-state index in [1.54, 1.807) is 0 Å². The second-order valence-electron chi connectivity index (χ2n) is 3.60. The molecule has 4 nitrogen and oxygen atoms in total. The molecule has 0 radical (unpaired) electrons. The molecule has 6 heteroatoms. The van der Waals surface area contributed by atoms with Crippen LogP contribution in [0.3, 0.4) is 0 Å². The minimum Gasteiger partial charge on any atom is -0.481 e. The highest BCUT2D eigenvalue weighted by molar-refractivity contribution is 5.93. The summed E-state index contributed by atoms with van der Waals surface area (Å²) >= 11 is 0. The molecule has 0 saturated carbocycles. The Kier molecular flexibility index (Phi) is 3.77. The lowest BCUT2D eigenvalue weighted by Crippen LogP contribution is -2.26. The van der Waals surface area contributed by atoms with Crippen molar-refractivity contribution in [1.82, 2.24) is 0 Å². The van der Waals surface area contributed by atoms with Gasteiger partial charge in [-0.1, -0.05) is 12.1 Å². The summed E-state index contributed by atoms with van der Waals surface area (Å²) in [6.45, 7) is 1.36. The second-order valence-corrected chi connectivity index (χ2v) is 3.60. The predicted octanol–water partition coefficient (Wildman–Crippen LogP) is 1.60. The maximum Gasteiger partial charge on any atom is 0.318 e. The van der Waals surface area contributed by atoms with Gasteiger partial charge in [0.1, 0.15) is 0 Å².